The molecular formula is C18H22N6O. The maximum atomic E-state index is 12.2. The van der Waals surface area contributed by atoms with Gasteiger partial charge in [0.15, 0.2) is 5.65 Å². The normalized spacial score (nSPS) is 11.5. The number of carbonyl (C=O) groups excluding carboxylic acids is 1. The molecule has 0 aliphatic heterocycles. The van der Waals surface area contributed by atoms with Gasteiger partial charge in [0.1, 0.15) is 12.1 Å². The molecule has 1 amide bonds. The summed E-state index contributed by atoms with van der Waals surface area (Å²) in [4.78, 5) is 22.7. The van der Waals surface area contributed by atoms with Crippen molar-refractivity contribution in [2.45, 2.75) is 26.3 Å². The number of hydrogen-bond donors (Lipinski definition) is 1. The maximum Gasteiger partial charge on any atom is 0.239 e. The fourth-order valence-electron chi connectivity index (χ4n) is 2.64. The molecule has 0 bridgehead atoms. The van der Waals surface area contributed by atoms with Gasteiger partial charge in [-0.25, -0.2) is 14.6 Å². The van der Waals surface area contributed by atoms with Crippen LogP contribution in [0.3, 0.4) is 0 Å². The number of fused-ring (bicyclic) bond motifs is 1. The molecule has 25 heavy (non-hydrogen) atoms. The molecule has 0 saturated carbocycles. The average molecular weight is 338 g/mol. The molecule has 1 aromatic carbocycles. The second-order valence-electron chi connectivity index (χ2n) is 6.98. The summed E-state index contributed by atoms with van der Waals surface area (Å²) in [5, 5.41) is 8.19. The molecule has 7 nitrogen and oxygen atoms in total. The maximum absolute atomic E-state index is 12.2. The van der Waals surface area contributed by atoms with Crippen molar-refractivity contribution in [1.82, 2.24) is 25.1 Å². The number of benzene rings is 1. The van der Waals surface area contributed by atoms with Gasteiger partial charge < -0.3 is 10.2 Å². The van der Waals surface area contributed by atoms with Gasteiger partial charge in [0.2, 0.25) is 5.91 Å². The van der Waals surface area contributed by atoms with E-state index in [4.69, 9.17) is 0 Å². The van der Waals surface area contributed by atoms with E-state index in [1.165, 1.54) is 6.33 Å². The third-order valence-electron chi connectivity index (χ3n) is 3.60. The standard InChI is InChI=1S/C18H22N6O/c1-18(2,3)22-15(25)11-23(4)16-14-10-21-24(17(14)20-12-19-16)13-8-6-5-7-9-13/h5-10,12H,11H2,1-4H3,(H,22,25). The fourth-order valence-corrected chi connectivity index (χ4v) is 2.64. The summed E-state index contributed by atoms with van der Waals surface area (Å²) in [6, 6.07) is 9.79. The summed E-state index contributed by atoms with van der Waals surface area (Å²) < 4.78 is 1.77. The summed E-state index contributed by atoms with van der Waals surface area (Å²) in [6.45, 7) is 6.08. The molecule has 0 spiro atoms. The number of nitrogens with one attached hydrogen (secondary N) is 1. The van der Waals surface area contributed by atoms with E-state index < -0.39 is 0 Å². The predicted molar refractivity (Wildman–Crippen MR) is 97.8 cm³/mol. The van der Waals surface area contributed by atoms with Gasteiger partial charge in [-0.1, -0.05) is 18.2 Å². The van der Waals surface area contributed by atoms with E-state index in [1.54, 1.807) is 10.9 Å². The molecule has 3 aromatic rings. The second kappa shape index (κ2) is 6.51. The molecule has 0 radical (unpaired) electrons. The lowest BCUT2D eigenvalue weighted by Crippen LogP contribution is -2.45. The molecular weight excluding hydrogens is 316 g/mol. The smallest absolute Gasteiger partial charge is 0.239 e. The second-order valence-corrected chi connectivity index (χ2v) is 6.98. The van der Waals surface area contributed by atoms with E-state index in [0.29, 0.717) is 11.5 Å². The number of likely N-dealkylation sites (N-methyl/N-ethyl adjacent to an activating group) is 1. The zero-order valence-corrected chi connectivity index (χ0v) is 14.9. The largest absolute Gasteiger partial charge is 0.350 e. The molecule has 2 heterocycles. The molecule has 0 atom stereocenters. The van der Waals surface area contributed by atoms with Crippen molar-refractivity contribution in [3.05, 3.63) is 42.9 Å². The highest BCUT2D eigenvalue weighted by Crippen LogP contribution is 2.23. The highest BCUT2D eigenvalue weighted by atomic mass is 16.2. The zero-order chi connectivity index (χ0) is 18.0. The van der Waals surface area contributed by atoms with E-state index in [-0.39, 0.29) is 18.0 Å². The van der Waals surface area contributed by atoms with Crippen molar-refractivity contribution in [2.24, 2.45) is 0 Å². The molecule has 0 aliphatic rings. The van der Waals surface area contributed by atoms with E-state index in [9.17, 15) is 4.79 Å². The number of anilines is 1. The number of amides is 1. The van der Waals surface area contributed by atoms with Gasteiger partial charge in [0.25, 0.3) is 0 Å². The Morgan fingerprint density at radius 2 is 1.92 bits per heavy atom. The van der Waals surface area contributed by atoms with Gasteiger partial charge in [-0.3, -0.25) is 4.79 Å². The van der Waals surface area contributed by atoms with Gasteiger partial charge in [-0.2, -0.15) is 5.10 Å². The molecule has 2 aromatic heterocycles. The van der Waals surface area contributed by atoms with E-state index in [2.05, 4.69) is 20.4 Å². The van der Waals surface area contributed by atoms with Crippen molar-refractivity contribution < 1.29 is 4.79 Å². The van der Waals surface area contributed by atoms with Crippen LogP contribution in [0.2, 0.25) is 0 Å². The highest BCUT2D eigenvalue weighted by Gasteiger charge is 2.18. The van der Waals surface area contributed by atoms with Crippen LogP contribution in [0.25, 0.3) is 16.7 Å². The minimum atomic E-state index is -0.267. The summed E-state index contributed by atoms with van der Waals surface area (Å²) in [7, 11) is 1.84. The Bertz CT molecular complexity index is 881. The summed E-state index contributed by atoms with van der Waals surface area (Å²) in [5.74, 6) is 0.619. The van der Waals surface area contributed by atoms with Crippen LogP contribution in [0.15, 0.2) is 42.9 Å². The minimum Gasteiger partial charge on any atom is -0.350 e. The molecule has 3 rings (SSSR count). The molecule has 1 N–H and O–H groups in total. The van der Waals surface area contributed by atoms with Gasteiger partial charge >= 0.3 is 0 Å². The summed E-state index contributed by atoms with van der Waals surface area (Å²) in [6.07, 6.45) is 3.23. The Morgan fingerprint density at radius 3 is 2.60 bits per heavy atom. The predicted octanol–water partition coefficient (Wildman–Crippen LogP) is 2.17. The Hall–Kier alpha value is -2.96. The van der Waals surface area contributed by atoms with Crippen molar-refractivity contribution in [2.75, 3.05) is 18.5 Å². The summed E-state index contributed by atoms with van der Waals surface area (Å²) in [5.41, 5.74) is 1.37. The molecule has 0 fully saturated rings. The first-order chi connectivity index (χ1) is 11.8. The van der Waals surface area contributed by atoms with Gasteiger partial charge in [0, 0.05) is 12.6 Å². The van der Waals surface area contributed by atoms with Crippen molar-refractivity contribution in [3.8, 4) is 5.69 Å². The monoisotopic (exact) mass is 338 g/mol. The Morgan fingerprint density at radius 1 is 1.20 bits per heavy atom. The molecule has 0 aliphatic carbocycles. The Balaban J connectivity index is 1.90. The van der Waals surface area contributed by atoms with Gasteiger partial charge in [0.05, 0.1) is 23.8 Å². The van der Waals surface area contributed by atoms with E-state index in [1.807, 2.05) is 63.1 Å². The lowest BCUT2D eigenvalue weighted by Gasteiger charge is -2.24. The van der Waals surface area contributed by atoms with Gasteiger partial charge in [-0.05, 0) is 32.9 Å². The third-order valence-corrected chi connectivity index (χ3v) is 3.60. The molecule has 0 saturated heterocycles. The quantitative estimate of drug-likeness (QED) is 0.789. The van der Waals surface area contributed by atoms with Crippen LogP contribution in [0.4, 0.5) is 5.82 Å². The third kappa shape index (κ3) is 3.76. The average Bonchev–Trinajstić information content (AvgIpc) is 2.97. The SMILES string of the molecule is CN(CC(=O)NC(C)(C)C)c1ncnc2c1cnn2-c1ccccc1. The van der Waals surface area contributed by atoms with Gasteiger partial charge in [-0.15, -0.1) is 0 Å². The number of carbonyl (C=O) groups is 1. The van der Waals surface area contributed by atoms with Crippen LogP contribution >= 0.6 is 0 Å². The van der Waals surface area contributed by atoms with Crippen LogP contribution in [0, 0.1) is 0 Å². The number of rotatable bonds is 4. The van der Waals surface area contributed by atoms with Crippen LogP contribution in [0.1, 0.15) is 20.8 Å². The highest BCUT2D eigenvalue weighted by molar-refractivity contribution is 5.90. The van der Waals surface area contributed by atoms with Crippen LogP contribution in [-0.2, 0) is 4.79 Å². The minimum absolute atomic E-state index is 0.0581. The van der Waals surface area contributed by atoms with Crippen LogP contribution in [-0.4, -0.2) is 44.8 Å². The van der Waals surface area contributed by atoms with Crippen molar-refractivity contribution in [1.29, 1.82) is 0 Å². The molecule has 0 unspecified atom stereocenters. The first-order valence-electron chi connectivity index (χ1n) is 8.11. The van der Waals surface area contributed by atoms with Crippen molar-refractivity contribution in [3.63, 3.8) is 0 Å². The van der Waals surface area contributed by atoms with Crippen LogP contribution < -0.4 is 10.2 Å². The van der Waals surface area contributed by atoms with E-state index in [0.717, 1.165) is 11.1 Å². The van der Waals surface area contributed by atoms with Crippen molar-refractivity contribution >= 4 is 22.8 Å². The zero-order valence-electron chi connectivity index (χ0n) is 14.9. The lowest BCUT2D eigenvalue weighted by molar-refractivity contribution is -0.121. The fraction of sp³-hybridized carbons (Fsp3) is 0.333. The van der Waals surface area contributed by atoms with Crippen LogP contribution in [0.5, 0.6) is 0 Å². The number of hydrogen-bond acceptors (Lipinski definition) is 5. The Kier molecular flexibility index (Phi) is 4.39. The Labute approximate surface area is 146 Å². The molecule has 7 heteroatoms. The number of nitrogens with zero attached hydrogens (tertiary/aromatic N) is 5. The number of aromatic nitrogens is 4. The number of para-hydroxylation sites is 1. The first kappa shape index (κ1) is 16.9. The molecule has 130 valence electrons. The summed E-state index contributed by atoms with van der Waals surface area (Å²) >= 11 is 0. The topological polar surface area (TPSA) is 75.9 Å². The lowest BCUT2D eigenvalue weighted by atomic mass is 10.1. The van der Waals surface area contributed by atoms with E-state index >= 15 is 0 Å². The first-order valence-corrected chi connectivity index (χ1v) is 8.11.